The number of Topliss-reactive ketones (excluding diaryl/α,β-unsaturated/α-hetero) is 1. The smallest absolute Gasteiger partial charge is 0.160 e. The second-order valence-corrected chi connectivity index (χ2v) is 6.08. The van der Waals surface area contributed by atoms with Crippen LogP contribution in [0.25, 0.3) is 0 Å². The average molecular weight is 265 g/mol. The van der Waals surface area contributed by atoms with Crippen molar-refractivity contribution in [3.63, 3.8) is 0 Å². The van der Waals surface area contributed by atoms with E-state index in [4.69, 9.17) is 11.6 Å². The van der Waals surface area contributed by atoms with Crippen LogP contribution in [0.4, 0.5) is 0 Å². The van der Waals surface area contributed by atoms with E-state index in [9.17, 15) is 4.79 Å². The van der Waals surface area contributed by atoms with Gasteiger partial charge in [-0.1, -0.05) is 23.7 Å². The van der Waals surface area contributed by atoms with E-state index in [1.54, 1.807) is 0 Å². The van der Waals surface area contributed by atoms with E-state index in [-0.39, 0.29) is 0 Å². The van der Waals surface area contributed by atoms with Gasteiger partial charge in [-0.05, 0) is 35.4 Å². The lowest BCUT2D eigenvalue weighted by molar-refractivity contribution is -0.116. The number of rotatable bonds is 1. The Morgan fingerprint density at radius 1 is 1.18 bits per heavy atom. The molecule has 0 radical (unpaired) electrons. The molecule has 1 aliphatic carbocycles. The molecule has 3 rings (SSSR count). The Bertz CT molecular complexity index is 489. The van der Waals surface area contributed by atoms with Crippen LogP contribution in [0.1, 0.15) is 30.7 Å². The molecule has 0 saturated heterocycles. The number of benzene rings is 1. The van der Waals surface area contributed by atoms with Crippen molar-refractivity contribution in [2.45, 2.75) is 25.2 Å². The highest BCUT2D eigenvalue weighted by Gasteiger charge is 2.33. The maximum atomic E-state index is 12.0. The minimum atomic E-state index is 0.292. The van der Waals surface area contributed by atoms with Gasteiger partial charge in [0.15, 0.2) is 5.78 Å². The van der Waals surface area contributed by atoms with E-state index < -0.39 is 0 Å². The molecule has 1 unspecified atom stereocenters. The van der Waals surface area contributed by atoms with E-state index in [0.717, 1.165) is 35.6 Å². The number of halogens is 1. The monoisotopic (exact) mass is 264 g/mol. The molecule has 1 aromatic rings. The number of carbonyl (C=O) groups excluding carboxylic acids is 1. The van der Waals surface area contributed by atoms with Crippen molar-refractivity contribution in [2.75, 3.05) is 5.75 Å². The number of hydrogen-bond acceptors (Lipinski definition) is 2. The molecule has 17 heavy (non-hydrogen) atoms. The van der Waals surface area contributed by atoms with Gasteiger partial charge in [0.05, 0.1) is 0 Å². The van der Waals surface area contributed by atoms with Crippen LogP contribution in [0.3, 0.4) is 0 Å². The van der Waals surface area contributed by atoms with Crippen LogP contribution in [0, 0.1) is 0 Å². The maximum absolute atomic E-state index is 12.0. The minimum Gasteiger partial charge on any atom is -0.295 e. The summed E-state index contributed by atoms with van der Waals surface area (Å²) in [7, 11) is 0. The van der Waals surface area contributed by atoms with Crippen molar-refractivity contribution in [2.24, 2.45) is 0 Å². The molecule has 0 aromatic heterocycles. The zero-order chi connectivity index (χ0) is 11.8. The molecule has 2 aliphatic rings. The Morgan fingerprint density at radius 2 is 1.94 bits per heavy atom. The van der Waals surface area contributed by atoms with Crippen LogP contribution in [0.5, 0.6) is 0 Å². The summed E-state index contributed by atoms with van der Waals surface area (Å²) in [6.45, 7) is 0. The van der Waals surface area contributed by atoms with Gasteiger partial charge in [0, 0.05) is 28.7 Å². The highest BCUT2D eigenvalue weighted by molar-refractivity contribution is 8.03. The molecule has 0 N–H and O–H groups in total. The Hall–Kier alpha value is -0.730. The quantitative estimate of drug-likeness (QED) is 0.757. The van der Waals surface area contributed by atoms with Gasteiger partial charge in [0.1, 0.15) is 0 Å². The van der Waals surface area contributed by atoms with E-state index in [2.05, 4.69) is 0 Å². The fourth-order valence-electron chi connectivity index (χ4n) is 2.60. The summed E-state index contributed by atoms with van der Waals surface area (Å²) in [5.74, 6) is 1.66. The molecule has 3 heteroatoms. The largest absolute Gasteiger partial charge is 0.295 e. The first kappa shape index (κ1) is 11.4. The highest BCUT2D eigenvalue weighted by atomic mass is 35.5. The molecule has 1 heterocycles. The van der Waals surface area contributed by atoms with Crippen molar-refractivity contribution in [3.8, 4) is 0 Å². The standard InChI is InChI=1S/C14H13ClOS/c15-10-6-4-9(5-7-10)11-8-17-13-3-1-2-12(16)14(11)13/h4-7,11H,1-3,8H2. The molecule has 1 aliphatic heterocycles. The van der Waals surface area contributed by atoms with Crippen molar-refractivity contribution < 1.29 is 4.79 Å². The molecule has 0 amide bonds. The lowest BCUT2D eigenvalue weighted by atomic mass is 9.85. The van der Waals surface area contributed by atoms with Crippen LogP contribution in [-0.4, -0.2) is 11.5 Å². The summed E-state index contributed by atoms with van der Waals surface area (Å²) < 4.78 is 0. The normalized spacial score (nSPS) is 24.1. The number of hydrogen-bond donors (Lipinski definition) is 0. The van der Waals surface area contributed by atoms with Crippen LogP contribution in [-0.2, 0) is 4.79 Å². The summed E-state index contributed by atoms with van der Waals surface area (Å²) in [6.07, 6.45) is 2.84. The number of carbonyl (C=O) groups is 1. The van der Waals surface area contributed by atoms with Crippen LogP contribution in [0.15, 0.2) is 34.7 Å². The topological polar surface area (TPSA) is 17.1 Å². The van der Waals surface area contributed by atoms with Crippen molar-refractivity contribution >= 4 is 29.1 Å². The predicted octanol–water partition coefficient (Wildman–Crippen LogP) is 4.18. The third-order valence-corrected chi connectivity index (χ3v) is 4.98. The fourth-order valence-corrected chi connectivity index (χ4v) is 4.15. The molecule has 0 fully saturated rings. The number of allylic oxidation sites excluding steroid dienone is 2. The van der Waals surface area contributed by atoms with Gasteiger partial charge >= 0.3 is 0 Å². The molecule has 0 spiro atoms. The van der Waals surface area contributed by atoms with E-state index in [1.165, 1.54) is 10.5 Å². The maximum Gasteiger partial charge on any atom is 0.160 e. The second-order valence-electron chi connectivity index (χ2n) is 4.53. The van der Waals surface area contributed by atoms with Gasteiger partial charge in [-0.2, -0.15) is 0 Å². The molecule has 1 nitrogen and oxygen atoms in total. The van der Waals surface area contributed by atoms with Gasteiger partial charge in [-0.3, -0.25) is 4.79 Å². The summed E-state index contributed by atoms with van der Waals surface area (Å²) in [5.41, 5.74) is 2.31. The first-order valence-electron chi connectivity index (χ1n) is 5.90. The predicted molar refractivity (Wildman–Crippen MR) is 72.5 cm³/mol. The lowest BCUT2D eigenvalue weighted by Gasteiger charge is -2.17. The van der Waals surface area contributed by atoms with Gasteiger partial charge in [0.2, 0.25) is 0 Å². The molecular formula is C14H13ClOS. The molecule has 0 saturated carbocycles. The lowest BCUT2D eigenvalue weighted by Crippen LogP contribution is -2.14. The molecule has 88 valence electrons. The number of ketones is 1. The highest BCUT2D eigenvalue weighted by Crippen LogP contribution is 2.47. The van der Waals surface area contributed by atoms with Crippen molar-refractivity contribution in [1.29, 1.82) is 0 Å². The zero-order valence-electron chi connectivity index (χ0n) is 9.41. The minimum absolute atomic E-state index is 0.292. The third kappa shape index (κ3) is 2.04. The van der Waals surface area contributed by atoms with E-state index >= 15 is 0 Å². The SMILES string of the molecule is O=C1CCCC2=C1C(c1ccc(Cl)cc1)CS2. The molecular weight excluding hydrogens is 252 g/mol. The summed E-state index contributed by atoms with van der Waals surface area (Å²) >= 11 is 7.76. The second kappa shape index (κ2) is 4.51. The molecule has 1 atom stereocenters. The van der Waals surface area contributed by atoms with Gasteiger partial charge < -0.3 is 0 Å². The summed E-state index contributed by atoms with van der Waals surface area (Å²) in [5, 5.41) is 0.753. The van der Waals surface area contributed by atoms with Crippen molar-refractivity contribution in [1.82, 2.24) is 0 Å². The first-order chi connectivity index (χ1) is 8.25. The van der Waals surface area contributed by atoms with Crippen molar-refractivity contribution in [3.05, 3.63) is 45.3 Å². The zero-order valence-corrected chi connectivity index (χ0v) is 11.0. The van der Waals surface area contributed by atoms with Gasteiger partial charge in [-0.25, -0.2) is 0 Å². The fraction of sp³-hybridized carbons (Fsp3) is 0.357. The summed E-state index contributed by atoms with van der Waals surface area (Å²) in [4.78, 5) is 13.4. The number of thioether (sulfide) groups is 1. The van der Waals surface area contributed by atoms with Gasteiger partial charge in [-0.15, -0.1) is 11.8 Å². The Kier molecular flexibility index (Phi) is 3.01. The molecule has 0 bridgehead atoms. The van der Waals surface area contributed by atoms with Gasteiger partial charge in [0.25, 0.3) is 0 Å². The van der Waals surface area contributed by atoms with Crippen LogP contribution < -0.4 is 0 Å². The third-order valence-electron chi connectivity index (χ3n) is 3.45. The molecule has 1 aromatic carbocycles. The van der Waals surface area contributed by atoms with E-state index in [1.807, 2.05) is 36.0 Å². The Labute approximate surface area is 110 Å². The van der Waals surface area contributed by atoms with Crippen LogP contribution in [0.2, 0.25) is 5.02 Å². The Morgan fingerprint density at radius 3 is 2.71 bits per heavy atom. The van der Waals surface area contributed by atoms with E-state index in [0.29, 0.717) is 11.7 Å². The summed E-state index contributed by atoms with van der Waals surface area (Å²) in [6, 6.07) is 7.91. The first-order valence-corrected chi connectivity index (χ1v) is 7.26. The Balaban J connectivity index is 1.97. The van der Waals surface area contributed by atoms with Crippen LogP contribution >= 0.6 is 23.4 Å². The average Bonchev–Trinajstić information content (AvgIpc) is 2.75.